The molecule has 0 aliphatic heterocycles. The summed E-state index contributed by atoms with van der Waals surface area (Å²) >= 11 is 1.31. The number of nitrogens with one attached hydrogen (secondary N) is 1. The maximum atomic E-state index is 12.6. The maximum absolute atomic E-state index is 12.6. The Morgan fingerprint density at radius 3 is 2.89 bits per heavy atom. The molecule has 27 heavy (non-hydrogen) atoms. The fourth-order valence-corrected chi connectivity index (χ4v) is 3.11. The molecule has 2 aromatic heterocycles. The molecule has 1 unspecified atom stereocenters. The van der Waals surface area contributed by atoms with E-state index in [1.165, 1.54) is 24.9 Å². The molecule has 0 bridgehead atoms. The highest BCUT2D eigenvalue weighted by atomic mass is 32.2. The van der Waals surface area contributed by atoms with Crippen LogP contribution in [0.2, 0.25) is 0 Å². The Morgan fingerprint density at radius 1 is 1.52 bits per heavy atom. The van der Waals surface area contributed by atoms with Crippen LogP contribution in [0, 0.1) is 11.3 Å². The smallest absolute Gasteiger partial charge is 0.340 e. The molecule has 1 N–H and O–H groups in total. The molecule has 0 saturated heterocycles. The average Bonchev–Trinajstić information content (AvgIpc) is 3.40. The number of thioether (sulfide) groups is 1. The van der Waals surface area contributed by atoms with Crippen molar-refractivity contribution in [3.05, 3.63) is 47.0 Å². The third-order valence-electron chi connectivity index (χ3n) is 4.20. The summed E-state index contributed by atoms with van der Waals surface area (Å²) in [7, 11) is 0. The Balaban J connectivity index is 1.72. The Morgan fingerprint density at radius 2 is 2.30 bits per heavy atom. The summed E-state index contributed by atoms with van der Waals surface area (Å²) in [5.74, 6) is -0.225. The van der Waals surface area contributed by atoms with E-state index in [4.69, 9.17) is 9.15 Å². The monoisotopic (exact) mass is 385 g/mol. The highest BCUT2D eigenvalue weighted by molar-refractivity contribution is 7.98. The van der Waals surface area contributed by atoms with Gasteiger partial charge in [-0.2, -0.15) is 5.26 Å². The van der Waals surface area contributed by atoms with Gasteiger partial charge in [0, 0.05) is 11.6 Å². The van der Waals surface area contributed by atoms with E-state index in [9.17, 15) is 14.9 Å². The van der Waals surface area contributed by atoms with E-state index < -0.39 is 18.0 Å². The molecule has 1 aliphatic carbocycles. The zero-order chi connectivity index (χ0) is 19.4. The van der Waals surface area contributed by atoms with Crippen molar-refractivity contribution < 1.29 is 18.7 Å². The quantitative estimate of drug-likeness (QED) is 0.577. The Labute approximate surface area is 161 Å². The van der Waals surface area contributed by atoms with Gasteiger partial charge >= 0.3 is 5.97 Å². The normalized spacial score (nSPS) is 14.3. The van der Waals surface area contributed by atoms with E-state index in [0.717, 1.165) is 18.5 Å². The van der Waals surface area contributed by atoms with Crippen LogP contribution in [0.25, 0.3) is 0 Å². The minimum absolute atomic E-state index is 0.157. The fraction of sp³-hybridized carbons (Fsp3) is 0.368. The Bertz CT molecular complexity index is 885. The first-order valence-electron chi connectivity index (χ1n) is 8.53. The van der Waals surface area contributed by atoms with Gasteiger partial charge in [0.1, 0.15) is 16.9 Å². The van der Waals surface area contributed by atoms with Gasteiger partial charge in [-0.25, -0.2) is 9.78 Å². The van der Waals surface area contributed by atoms with E-state index in [-0.39, 0.29) is 17.7 Å². The number of pyridine rings is 1. The van der Waals surface area contributed by atoms with Gasteiger partial charge in [0.25, 0.3) is 5.91 Å². The first-order chi connectivity index (χ1) is 13.0. The summed E-state index contributed by atoms with van der Waals surface area (Å²) in [4.78, 5) is 29.3. The van der Waals surface area contributed by atoms with Crippen LogP contribution in [0.3, 0.4) is 0 Å². The van der Waals surface area contributed by atoms with E-state index in [1.807, 2.05) is 6.07 Å². The second kappa shape index (κ2) is 8.27. The van der Waals surface area contributed by atoms with Gasteiger partial charge in [-0.15, -0.1) is 11.8 Å². The summed E-state index contributed by atoms with van der Waals surface area (Å²) in [6, 6.07) is 7.10. The topological polar surface area (TPSA) is 105 Å². The lowest BCUT2D eigenvalue weighted by atomic mass is 10.1. The second-order valence-electron chi connectivity index (χ2n) is 6.21. The number of esters is 1. The van der Waals surface area contributed by atoms with Crippen LogP contribution in [0.15, 0.2) is 33.9 Å². The lowest BCUT2D eigenvalue weighted by molar-refractivity contribution is -0.129. The molecule has 140 valence electrons. The number of carbonyl (C=O) groups excluding carboxylic acids is 2. The van der Waals surface area contributed by atoms with E-state index in [2.05, 4.69) is 10.3 Å². The number of hydrogen-bond acceptors (Lipinski definition) is 7. The fourth-order valence-electron chi connectivity index (χ4n) is 2.55. The minimum atomic E-state index is -1.01. The predicted octanol–water partition coefficient (Wildman–Crippen LogP) is 3.01. The highest BCUT2D eigenvalue weighted by Gasteiger charge is 2.30. The van der Waals surface area contributed by atoms with Crippen LogP contribution in [-0.4, -0.2) is 29.2 Å². The van der Waals surface area contributed by atoms with Crippen molar-refractivity contribution in [3.8, 4) is 6.07 Å². The third-order valence-corrected chi connectivity index (χ3v) is 4.88. The standard InChI is InChI=1S/C19H19N3O4S/c1-11(17(23)21-10-13-4-3-7-25-13)26-19(24)14-8-16(12-5-6-12)22-18(27-2)15(14)9-20/h3-4,7-8,11-12H,5-6,10H2,1-2H3,(H,21,23). The second-order valence-corrected chi connectivity index (χ2v) is 7.00. The number of nitriles is 1. The zero-order valence-electron chi connectivity index (χ0n) is 15.0. The maximum Gasteiger partial charge on any atom is 0.340 e. The van der Waals surface area contributed by atoms with E-state index in [1.54, 1.807) is 24.5 Å². The molecule has 8 heteroatoms. The molecule has 2 aromatic rings. The zero-order valence-corrected chi connectivity index (χ0v) is 15.8. The van der Waals surface area contributed by atoms with Crippen molar-refractivity contribution in [1.82, 2.24) is 10.3 Å². The van der Waals surface area contributed by atoms with Crippen LogP contribution in [0.1, 0.15) is 53.1 Å². The molecular weight excluding hydrogens is 366 g/mol. The molecular formula is C19H19N3O4S. The Kier molecular flexibility index (Phi) is 5.81. The molecule has 1 saturated carbocycles. The molecule has 3 rings (SSSR count). The van der Waals surface area contributed by atoms with Crippen LogP contribution in [-0.2, 0) is 16.1 Å². The van der Waals surface area contributed by atoms with Gasteiger partial charge in [-0.1, -0.05) is 0 Å². The van der Waals surface area contributed by atoms with Crippen LogP contribution in [0.4, 0.5) is 0 Å². The summed E-state index contributed by atoms with van der Waals surface area (Å²) in [5.41, 5.74) is 1.13. The van der Waals surface area contributed by atoms with Crippen LogP contribution in [0.5, 0.6) is 0 Å². The van der Waals surface area contributed by atoms with Gasteiger partial charge in [-0.3, -0.25) is 4.79 Å². The number of furan rings is 1. The van der Waals surface area contributed by atoms with Crippen molar-refractivity contribution >= 4 is 23.6 Å². The lowest BCUT2D eigenvalue weighted by Crippen LogP contribution is -2.35. The number of carbonyl (C=O) groups is 2. The minimum Gasteiger partial charge on any atom is -0.467 e. The Hall–Kier alpha value is -2.79. The molecule has 1 fully saturated rings. The molecule has 0 spiro atoms. The molecule has 1 aliphatic rings. The molecule has 2 heterocycles. The molecule has 0 radical (unpaired) electrons. The number of amides is 1. The number of rotatable bonds is 7. The van der Waals surface area contributed by atoms with Gasteiger partial charge in [0.2, 0.25) is 0 Å². The predicted molar refractivity (Wildman–Crippen MR) is 98.1 cm³/mol. The first-order valence-corrected chi connectivity index (χ1v) is 9.76. The molecule has 1 amide bonds. The van der Waals surface area contributed by atoms with Crippen molar-refractivity contribution in [2.75, 3.05) is 6.26 Å². The largest absolute Gasteiger partial charge is 0.467 e. The molecule has 1 atom stereocenters. The SMILES string of the molecule is CSc1nc(C2CC2)cc(C(=O)OC(C)C(=O)NCc2ccco2)c1C#N. The van der Waals surface area contributed by atoms with Crippen molar-refractivity contribution in [2.45, 2.75) is 43.4 Å². The summed E-state index contributed by atoms with van der Waals surface area (Å²) in [6.07, 6.45) is 4.35. The number of ether oxygens (including phenoxy) is 1. The number of aromatic nitrogens is 1. The van der Waals surface area contributed by atoms with Crippen molar-refractivity contribution in [3.63, 3.8) is 0 Å². The van der Waals surface area contributed by atoms with Crippen molar-refractivity contribution in [1.29, 1.82) is 5.26 Å². The number of hydrogen-bond donors (Lipinski definition) is 1. The lowest BCUT2D eigenvalue weighted by Gasteiger charge is -2.15. The number of nitrogens with zero attached hydrogens (tertiary/aromatic N) is 2. The summed E-state index contributed by atoms with van der Waals surface area (Å²) in [6.45, 7) is 1.69. The average molecular weight is 385 g/mol. The van der Waals surface area contributed by atoms with Crippen LogP contribution < -0.4 is 5.32 Å². The first kappa shape index (κ1) is 19.0. The summed E-state index contributed by atoms with van der Waals surface area (Å²) < 4.78 is 10.4. The van der Waals surface area contributed by atoms with Gasteiger partial charge < -0.3 is 14.5 Å². The third kappa shape index (κ3) is 4.49. The van der Waals surface area contributed by atoms with Gasteiger partial charge in [0.15, 0.2) is 6.10 Å². The molecule has 7 nitrogen and oxygen atoms in total. The highest BCUT2D eigenvalue weighted by Crippen LogP contribution is 2.40. The van der Waals surface area contributed by atoms with Gasteiger partial charge in [-0.05, 0) is 44.2 Å². The molecule has 0 aromatic carbocycles. The summed E-state index contributed by atoms with van der Waals surface area (Å²) in [5, 5.41) is 12.6. The van der Waals surface area contributed by atoms with E-state index in [0.29, 0.717) is 16.7 Å². The van der Waals surface area contributed by atoms with Crippen LogP contribution >= 0.6 is 11.8 Å². The van der Waals surface area contributed by atoms with Crippen molar-refractivity contribution in [2.24, 2.45) is 0 Å². The van der Waals surface area contributed by atoms with E-state index >= 15 is 0 Å². The van der Waals surface area contributed by atoms with Gasteiger partial charge in [0.05, 0.1) is 23.9 Å².